The van der Waals surface area contributed by atoms with Crippen molar-refractivity contribution in [1.29, 1.82) is 0 Å². The molecule has 1 amide bonds. The maximum Gasteiger partial charge on any atom is 0.328 e. The number of halogens is 1. The zero-order valence-corrected chi connectivity index (χ0v) is 19.6. The molecule has 3 aromatic rings. The Morgan fingerprint density at radius 1 is 1.09 bits per heavy atom. The van der Waals surface area contributed by atoms with Crippen LogP contribution in [0.25, 0.3) is 10.2 Å². The number of nitrogens with zero attached hydrogens (tertiary/aromatic N) is 3. The number of aromatic nitrogens is 1. The number of carbonyl (C=O) groups is 2. The minimum atomic E-state index is -0.493. The molecule has 1 fully saturated rings. The van der Waals surface area contributed by atoms with Crippen LogP contribution in [0.2, 0.25) is 5.02 Å². The fourth-order valence-corrected chi connectivity index (χ4v) is 5.08. The Hall–Kier alpha value is -2.48. The van der Waals surface area contributed by atoms with Crippen LogP contribution in [0.4, 0.5) is 0 Å². The number of piperazine rings is 1. The lowest BCUT2D eigenvalue weighted by atomic mass is 10.0. The van der Waals surface area contributed by atoms with Gasteiger partial charge in [-0.25, -0.2) is 9.78 Å². The van der Waals surface area contributed by atoms with Crippen LogP contribution in [0, 0.1) is 0 Å². The van der Waals surface area contributed by atoms with Crippen molar-refractivity contribution in [3.8, 4) is 0 Å². The first-order chi connectivity index (χ1) is 15.5. The molecule has 0 N–H and O–H groups in total. The van der Waals surface area contributed by atoms with Crippen LogP contribution in [0.5, 0.6) is 0 Å². The van der Waals surface area contributed by atoms with Gasteiger partial charge in [-0.3, -0.25) is 9.69 Å². The smallest absolute Gasteiger partial charge is 0.328 e. The van der Waals surface area contributed by atoms with Gasteiger partial charge in [0, 0.05) is 44.0 Å². The monoisotopic (exact) mass is 471 g/mol. The number of hydrogen-bond acceptors (Lipinski definition) is 6. The van der Waals surface area contributed by atoms with Crippen molar-refractivity contribution in [2.75, 3.05) is 32.8 Å². The number of thiazole rings is 1. The summed E-state index contributed by atoms with van der Waals surface area (Å²) < 4.78 is 6.48. The summed E-state index contributed by atoms with van der Waals surface area (Å²) in [6, 6.07) is 14.8. The first-order valence-corrected chi connectivity index (χ1v) is 12.0. The molecule has 1 aliphatic rings. The molecular weight excluding hydrogens is 446 g/mol. The van der Waals surface area contributed by atoms with Gasteiger partial charge in [-0.1, -0.05) is 35.9 Å². The molecule has 1 aromatic heterocycles. The number of para-hydroxylation sites is 1. The van der Waals surface area contributed by atoms with E-state index in [1.165, 1.54) is 0 Å². The van der Waals surface area contributed by atoms with Gasteiger partial charge in [0.1, 0.15) is 6.04 Å². The standard InChI is InChI=1S/C24H26ClN3O3S/c1-2-31-24(30)23(17-7-9-18(25)10-8-17)28-15-13-27(14-16-28)22(29)12-11-21-26-19-5-3-4-6-20(19)32-21/h3-10,23H,2,11-16H2,1H3/t23-/m0/s1. The van der Waals surface area contributed by atoms with E-state index < -0.39 is 6.04 Å². The van der Waals surface area contributed by atoms with Crippen molar-refractivity contribution in [3.63, 3.8) is 0 Å². The van der Waals surface area contributed by atoms with Crippen LogP contribution >= 0.6 is 22.9 Å². The Morgan fingerprint density at radius 2 is 1.81 bits per heavy atom. The molecular formula is C24H26ClN3O3S. The van der Waals surface area contributed by atoms with E-state index >= 15 is 0 Å². The van der Waals surface area contributed by atoms with Crippen molar-refractivity contribution >= 4 is 45.0 Å². The second kappa shape index (κ2) is 10.4. The van der Waals surface area contributed by atoms with E-state index in [1.807, 2.05) is 35.2 Å². The Balaban J connectivity index is 1.35. The van der Waals surface area contributed by atoms with Gasteiger partial charge in [0.25, 0.3) is 0 Å². The van der Waals surface area contributed by atoms with Crippen LogP contribution in [-0.2, 0) is 20.7 Å². The van der Waals surface area contributed by atoms with Gasteiger partial charge in [0.15, 0.2) is 0 Å². The van der Waals surface area contributed by atoms with E-state index in [0.717, 1.165) is 20.8 Å². The molecule has 0 unspecified atom stereocenters. The van der Waals surface area contributed by atoms with Crippen molar-refractivity contribution < 1.29 is 14.3 Å². The summed E-state index contributed by atoms with van der Waals surface area (Å²) in [5.41, 5.74) is 1.84. The third-order valence-corrected chi connectivity index (χ3v) is 6.97. The van der Waals surface area contributed by atoms with Gasteiger partial charge in [-0.15, -0.1) is 11.3 Å². The third-order valence-electron chi connectivity index (χ3n) is 5.62. The summed E-state index contributed by atoms with van der Waals surface area (Å²) in [5, 5.41) is 1.61. The SMILES string of the molecule is CCOC(=O)[C@H](c1ccc(Cl)cc1)N1CCN(C(=O)CCc2nc3ccccc3s2)CC1. The molecule has 0 aliphatic carbocycles. The van der Waals surface area contributed by atoms with Gasteiger partial charge in [0.2, 0.25) is 5.91 Å². The zero-order valence-electron chi connectivity index (χ0n) is 18.0. The molecule has 0 bridgehead atoms. The van der Waals surface area contributed by atoms with Crippen molar-refractivity contribution in [1.82, 2.24) is 14.8 Å². The molecule has 0 saturated carbocycles. The molecule has 0 radical (unpaired) electrons. The maximum absolute atomic E-state index is 12.8. The predicted octanol–water partition coefficient (Wildman–Crippen LogP) is 4.33. The van der Waals surface area contributed by atoms with E-state index in [1.54, 1.807) is 30.4 Å². The normalized spacial score (nSPS) is 15.6. The average Bonchev–Trinajstić information content (AvgIpc) is 3.23. The molecule has 1 saturated heterocycles. The number of esters is 1. The maximum atomic E-state index is 12.8. The summed E-state index contributed by atoms with van der Waals surface area (Å²) in [6.45, 7) is 4.52. The number of hydrogen-bond donors (Lipinski definition) is 0. The van der Waals surface area contributed by atoms with Crippen molar-refractivity contribution in [2.24, 2.45) is 0 Å². The van der Waals surface area contributed by atoms with Crippen LogP contribution in [0.1, 0.15) is 30.0 Å². The van der Waals surface area contributed by atoms with E-state index in [0.29, 0.717) is 50.7 Å². The van der Waals surface area contributed by atoms with Gasteiger partial charge < -0.3 is 9.64 Å². The van der Waals surface area contributed by atoms with E-state index in [4.69, 9.17) is 16.3 Å². The van der Waals surface area contributed by atoms with Crippen molar-refractivity contribution in [3.05, 3.63) is 64.1 Å². The second-order valence-electron chi connectivity index (χ2n) is 7.70. The zero-order chi connectivity index (χ0) is 22.5. The van der Waals surface area contributed by atoms with Gasteiger partial charge in [0.05, 0.1) is 21.8 Å². The first-order valence-electron chi connectivity index (χ1n) is 10.8. The predicted molar refractivity (Wildman–Crippen MR) is 127 cm³/mol. The lowest BCUT2D eigenvalue weighted by molar-refractivity contribution is -0.151. The van der Waals surface area contributed by atoms with E-state index in [2.05, 4.69) is 16.0 Å². The largest absolute Gasteiger partial charge is 0.465 e. The highest BCUT2D eigenvalue weighted by Crippen LogP contribution is 2.26. The number of carbonyl (C=O) groups excluding carboxylic acids is 2. The fraction of sp³-hybridized carbons (Fsp3) is 0.375. The van der Waals surface area contributed by atoms with Crippen LogP contribution < -0.4 is 0 Å². The van der Waals surface area contributed by atoms with E-state index in [9.17, 15) is 9.59 Å². The molecule has 4 rings (SSSR count). The molecule has 168 valence electrons. The summed E-state index contributed by atoms with van der Waals surface area (Å²) in [4.78, 5) is 34.1. The number of amides is 1. The van der Waals surface area contributed by atoms with Gasteiger partial charge >= 0.3 is 5.97 Å². The first kappa shape index (κ1) is 22.7. The highest BCUT2D eigenvalue weighted by molar-refractivity contribution is 7.18. The lowest BCUT2D eigenvalue weighted by Gasteiger charge is -2.38. The number of rotatable bonds is 7. The topological polar surface area (TPSA) is 62.7 Å². The molecule has 32 heavy (non-hydrogen) atoms. The number of benzene rings is 2. The van der Waals surface area contributed by atoms with Gasteiger partial charge in [-0.2, -0.15) is 0 Å². The Bertz CT molecular complexity index is 1040. The van der Waals surface area contributed by atoms with E-state index in [-0.39, 0.29) is 11.9 Å². The Morgan fingerprint density at radius 3 is 2.50 bits per heavy atom. The number of aryl methyl sites for hydroxylation is 1. The van der Waals surface area contributed by atoms with Crippen LogP contribution in [0.3, 0.4) is 0 Å². The molecule has 0 spiro atoms. The summed E-state index contributed by atoms with van der Waals surface area (Å²) in [5.74, 6) is -0.145. The molecule has 2 heterocycles. The molecule has 2 aromatic carbocycles. The Kier molecular flexibility index (Phi) is 7.40. The lowest BCUT2D eigenvalue weighted by Crippen LogP contribution is -2.51. The summed E-state index contributed by atoms with van der Waals surface area (Å²) in [7, 11) is 0. The minimum Gasteiger partial charge on any atom is -0.465 e. The molecule has 1 aliphatic heterocycles. The van der Waals surface area contributed by atoms with Crippen molar-refractivity contribution in [2.45, 2.75) is 25.8 Å². The molecule has 1 atom stereocenters. The number of ether oxygens (including phenoxy) is 1. The quantitative estimate of drug-likeness (QED) is 0.480. The highest BCUT2D eigenvalue weighted by Gasteiger charge is 2.32. The van der Waals surface area contributed by atoms with Crippen LogP contribution in [0.15, 0.2) is 48.5 Å². The second-order valence-corrected chi connectivity index (χ2v) is 9.25. The highest BCUT2D eigenvalue weighted by atomic mass is 35.5. The fourth-order valence-electron chi connectivity index (χ4n) is 3.99. The van der Waals surface area contributed by atoms with Crippen LogP contribution in [-0.4, -0.2) is 59.4 Å². The summed E-state index contributed by atoms with van der Waals surface area (Å²) >= 11 is 7.66. The third kappa shape index (κ3) is 5.28. The average molecular weight is 472 g/mol. The number of fused-ring (bicyclic) bond motifs is 1. The Labute approximate surface area is 196 Å². The molecule has 8 heteroatoms. The minimum absolute atomic E-state index is 0.128. The van der Waals surface area contributed by atoms with Gasteiger partial charge in [-0.05, 0) is 36.8 Å². The summed E-state index contributed by atoms with van der Waals surface area (Å²) in [6.07, 6.45) is 1.09. The molecule has 6 nitrogen and oxygen atoms in total.